The van der Waals surface area contributed by atoms with Crippen LogP contribution in [-0.4, -0.2) is 46.6 Å². The summed E-state index contributed by atoms with van der Waals surface area (Å²) in [5.41, 5.74) is 6.14. The van der Waals surface area contributed by atoms with E-state index in [4.69, 9.17) is 20.3 Å². The first kappa shape index (κ1) is 23.5. The van der Waals surface area contributed by atoms with Crippen LogP contribution in [-0.2, 0) is 19.1 Å². The summed E-state index contributed by atoms with van der Waals surface area (Å²) in [6, 6.07) is 0. The molecule has 0 saturated heterocycles. The summed E-state index contributed by atoms with van der Waals surface area (Å²) in [7, 11) is 0. The van der Waals surface area contributed by atoms with Crippen LogP contribution in [0.25, 0.3) is 0 Å². The van der Waals surface area contributed by atoms with Crippen LogP contribution in [0.4, 0.5) is 0 Å². The van der Waals surface area contributed by atoms with Crippen molar-refractivity contribution >= 4 is 24.6 Å². The summed E-state index contributed by atoms with van der Waals surface area (Å²) in [5, 5.41) is 8.90. The molecule has 4 saturated carbocycles. The number of carbonyl (C=O) groups is 2. The molecular formula is C21H37NO5S. The van der Waals surface area contributed by atoms with Gasteiger partial charge in [0.05, 0.1) is 18.1 Å². The number of aliphatic carboxylic acids is 1. The molecular weight excluding hydrogens is 378 g/mol. The Balaban J connectivity index is 0.000000215. The van der Waals surface area contributed by atoms with E-state index in [0.29, 0.717) is 11.3 Å². The van der Waals surface area contributed by atoms with Crippen molar-refractivity contribution in [2.45, 2.75) is 83.5 Å². The third-order valence-electron chi connectivity index (χ3n) is 5.96. The Hall–Kier alpha value is -0.790. The fraction of sp³-hybridized carbons (Fsp3) is 0.905. The molecule has 7 heteroatoms. The molecule has 0 spiro atoms. The van der Waals surface area contributed by atoms with E-state index in [0.717, 1.165) is 17.8 Å². The van der Waals surface area contributed by atoms with E-state index in [9.17, 15) is 9.59 Å². The molecule has 0 aromatic rings. The highest BCUT2D eigenvalue weighted by Gasteiger charge is 2.48. The monoisotopic (exact) mass is 415 g/mol. The predicted molar refractivity (Wildman–Crippen MR) is 111 cm³/mol. The highest BCUT2D eigenvalue weighted by atomic mass is 32.1. The highest BCUT2D eigenvalue weighted by molar-refractivity contribution is 7.80. The van der Waals surface area contributed by atoms with Crippen LogP contribution < -0.4 is 5.73 Å². The summed E-state index contributed by atoms with van der Waals surface area (Å²) in [6.45, 7) is 6.85. The number of hydrogen-bond acceptors (Lipinski definition) is 6. The molecule has 3 N–H and O–H groups in total. The maximum atomic E-state index is 11.4. The van der Waals surface area contributed by atoms with Crippen LogP contribution in [0, 0.1) is 23.7 Å². The van der Waals surface area contributed by atoms with Gasteiger partial charge < -0.3 is 20.3 Å². The van der Waals surface area contributed by atoms with Crippen LogP contribution >= 0.6 is 12.6 Å². The molecule has 0 aromatic carbocycles. The molecule has 4 fully saturated rings. The van der Waals surface area contributed by atoms with Crippen molar-refractivity contribution < 1.29 is 24.2 Å². The Kier molecular flexibility index (Phi) is 7.84. The van der Waals surface area contributed by atoms with Gasteiger partial charge >= 0.3 is 11.9 Å². The Morgan fingerprint density at radius 2 is 1.61 bits per heavy atom. The van der Waals surface area contributed by atoms with Gasteiger partial charge in [-0.2, -0.15) is 12.6 Å². The summed E-state index contributed by atoms with van der Waals surface area (Å²) in [4.78, 5) is 22.3. The molecule has 4 rings (SSSR count). The maximum Gasteiger partial charge on any atom is 0.347 e. The normalized spacial score (nSPS) is 32.9. The molecule has 0 aromatic heterocycles. The minimum atomic E-state index is -1.27. The summed E-state index contributed by atoms with van der Waals surface area (Å²) in [6.07, 6.45) is 7.30. The van der Waals surface area contributed by atoms with Crippen molar-refractivity contribution in [3.63, 3.8) is 0 Å². The summed E-state index contributed by atoms with van der Waals surface area (Å²) in [5.74, 6) is 1.14. The van der Waals surface area contributed by atoms with E-state index in [1.165, 1.54) is 38.5 Å². The van der Waals surface area contributed by atoms with Gasteiger partial charge in [-0.3, -0.25) is 4.79 Å². The van der Waals surface area contributed by atoms with Gasteiger partial charge in [0.2, 0.25) is 6.10 Å². The average molecular weight is 416 g/mol. The van der Waals surface area contributed by atoms with Crippen molar-refractivity contribution in [3.8, 4) is 0 Å². The van der Waals surface area contributed by atoms with E-state index in [-0.39, 0.29) is 6.61 Å². The number of thiol groups is 1. The maximum absolute atomic E-state index is 11.4. The molecule has 0 aliphatic heterocycles. The van der Waals surface area contributed by atoms with Crippen molar-refractivity contribution in [1.29, 1.82) is 0 Å². The van der Waals surface area contributed by atoms with Gasteiger partial charge in [-0.05, 0) is 77.0 Å². The highest BCUT2D eigenvalue weighted by Crippen LogP contribution is 2.54. The Bertz CT molecular complexity index is 524. The number of rotatable bonds is 6. The zero-order chi connectivity index (χ0) is 21.1. The lowest BCUT2D eigenvalue weighted by Crippen LogP contribution is -2.55. The number of ether oxygens (including phenoxy) is 2. The lowest BCUT2D eigenvalue weighted by Gasteiger charge is -2.55. The van der Waals surface area contributed by atoms with Gasteiger partial charge in [-0.15, -0.1) is 0 Å². The molecule has 6 nitrogen and oxygen atoms in total. The first-order chi connectivity index (χ1) is 12.9. The molecule has 0 unspecified atom stereocenters. The minimum Gasteiger partial charge on any atom is -0.478 e. The van der Waals surface area contributed by atoms with Gasteiger partial charge in [-0.25, -0.2) is 4.79 Å². The molecule has 4 bridgehead atoms. The van der Waals surface area contributed by atoms with Crippen molar-refractivity contribution in [3.05, 3.63) is 0 Å². The fourth-order valence-electron chi connectivity index (χ4n) is 4.99. The van der Waals surface area contributed by atoms with E-state index in [1.807, 2.05) is 0 Å². The molecule has 4 aliphatic rings. The van der Waals surface area contributed by atoms with Gasteiger partial charge in [-0.1, -0.05) is 6.92 Å². The number of hydrogen-bond donors (Lipinski definition) is 3. The number of nitrogens with two attached hydrogens (primary N) is 1. The van der Waals surface area contributed by atoms with Crippen molar-refractivity contribution in [2.24, 2.45) is 29.4 Å². The molecule has 28 heavy (non-hydrogen) atoms. The first-order valence-electron chi connectivity index (χ1n) is 10.4. The number of carboxylic acids is 1. The number of esters is 1. The molecule has 0 radical (unpaired) electrons. The van der Waals surface area contributed by atoms with Crippen molar-refractivity contribution in [2.75, 3.05) is 12.4 Å². The summed E-state index contributed by atoms with van der Waals surface area (Å²) >= 11 is 3.95. The number of carbonyl (C=O) groups excluding carboxylic acids is 1. The largest absolute Gasteiger partial charge is 0.478 e. The third-order valence-corrected chi connectivity index (χ3v) is 6.51. The molecule has 162 valence electrons. The quantitative estimate of drug-likeness (QED) is 0.455. The Morgan fingerprint density at radius 3 is 1.93 bits per heavy atom. The van der Waals surface area contributed by atoms with Gasteiger partial charge in [0.25, 0.3) is 0 Å². The fourth-order valence-corrected chi connectivity index (χ4v) is 5.14. The van der Waals surface area contributed by atoms with Crippen LogP contribution in [0.3, 0.4) is 0 Å². The molecule has 0 heterocycles. The second-order valence-electron chi connectivity index (χ2n) is 10.1. The summed E-state index contributed by atoms with van der Waals surface area (Å²) < 4.78 is 10.1. The molecule has 2 atom stereocenters. The van der Waals surface area contributed by atoms with Gasteiger partial charge in [0, 0.05) is 11.3 Å². The van der Waals surface area contributed by atoms with Crippen molar-refractivity contribution in [1.82, 2.24) is 0 Å². The number of carboxylic acid groups (broad SMARTS) is 1. The Labute approximate surface area is 174 Å². The van der Waals surface area contributed by atoms with E-state index in [2.05, 4.69) is 12.6 Å². The lowest BCUT2D eigenvalue weighted by atomic mass is 9.53. The molecule has 4 aliphatic carbocycles. The SMILES string of the molecule is C[C@H](CS)C(=O)O[C@@H](COC(C)(C)C)C(=O)O.NC12CC3CC(CC(C3)C1)C2. The van der Waals surface area contributed by atoms with E-state index in [1.54, 1.807) is 27.7 Å². The topological polar surface area (TPSA) is 98.8 Å². The third kappa shape index (κ3) is 6.92. The predicted octanol–water partition coefficient (Wildman–Crippen LogP) is 3.28. The zero-order valence-corrected chi connectivity index (χ0v) is 18.5. The zero-order valence-electron chi connectivity index (χ0n) is 17.6. The van der Waals surface area contributed by atoms with Gasteiger partial charge in [0.1, 0.15) is 0 Å². The first-order valence-corrected chi connectivity index (χ1v) is 11.0. The lowest BCUT2D eigenvalue weighted by molar-refractivity contribution is -0.173. The van der Waals surface area contributed by atoms with Crippen LogP contribution in [0.5, 0.6) is 0 Å². The second-order valence-corrected chi connectivity index (χ2v) is 10.4. The standard InChI is InChI=1S/C11H20O5S.C10H17N/c1-7(6-17)10(14)16-8(9(12)13)5-15-11(2,3)4;11-10-4-7-1-8(5-10)3-9(2-7)6-10/h7-8,17H,5-6H2,1-4H3,(H,12,13);7-9H,1-6,11H2/t7-,8+;/m1./s1. The van der Waals surface area contributed by atoms with Crippen LogP contribution in [0.2, 0.25) is 0 Å². The van der Waals surface area contributed by atoms with Crippen LogP contribution in [0.1, 0.15) is 66.2 Å². The smallest absolute Gasteiger partial charge is 0.347 e. The van der Waals surface area contributed by atoms with Crippen LogP contribution in [0.15, 0.2) is 0 Å². The second kappa shape index (κ2) is 9.35. The van der Waals surface area contributed by atoms with E-state index < -0.39 is 29.6 Å². The average Bonchev–Trinajstić information content (AvgIpc) is 2.54. The van der Waals surface area contributed by atoms with E-state index >= 15 is 0 Å². The molecule has 0 amide bonds. The van der Waals surface area contributed by atoms with Gasteiger partial charge in [0.15, 0.2) is 0 Å². The Morgan fingerprint density at radius 1 is 1.14 bits per heavy atom. The minimum absolute atomic E-state index is 0.163.